The number of carbonyl (C=O) groups excluding carboxylic acids is 4. The van der Waals surface area contributed by atoms with E-state index in [1.807, 2.05) is 54.6 Å². The maximum atomic E-state index is 13.6. The molecule has 3 amide bonds. The van der Waals surface area contributed by atoms with Crippen molar-refractivity contribution in [2.24, 2.45) is 0 Å². The fourth-order valence-electron chi connectivity index (χ4n) is 4.80. The van der Waals surface area contributed by atoms with Crippen LogP contribution in [-0.4, -0.2) is 68.0 Å². The van der Waals surface area contributed by atoms with Crippen LogP contribution in [0.2, 0.25) is 5.02 Å². The van der Waals surface area contributed by atoms with E-state index < -0.39 is 29.9 Å². The summed E-state index contributed by atoms with van der Waals surface area (Å²) in [7, 11) is 2.79. The summed E-state index contributed by atoms with van der Waals surface area (Å²) < 4.78 is 16.1. The van der Waals surface area contributed by atoms with Crippen LogP contribution in [0.25, 0.3) is 0 Å². The average molecular weight is 634 g/mol. The van der Waals surface area contributed by atoms with Gasteiger partial charge >= 0.3 is 5.97 Å². The van der Waals surface area contributed by atoms with E-state index in [1.54, 1.807) is 30.2 Å². The average Bonchev–Trinajstić information content (AvgIpc) is 3.05. The molecule has 2 N–H and O–H groups in total. The van der Waals surface area contributed by atoms with E-state index >= 15 is 0 Å². The van der Waals surface area contributed by atoms with Crippen molar-refractivity contribution in [3.63, 3.8) is 0 Å². The minimum atomic E-state index is -1.12. The van der Waals surface area contributed by atoms with E-state index in [0.717, 1.165) is 11.1 Å². The number of halogens is 1. The van der Waals surface area contributed by atoms with Gasteiger partial charge in [0.25, 0.3) is 5.91 Å². The van der Waals surface area contributed by atoms with E-state index in [1.165, 1.54) is 19.2 Å². The molecule has 0 aliphatic carbocycles. The second kappa shape index (κ2) is 16.3. The molecule has 2 unspecified atom stereocenters. The molecule has 0 bridgehead atoms. The molecular weight excluding hydrogens is 598 g/mol. The second-order valence-corrected chi connectivity index (χ2v) is 10.8. The SMILES string of the molecule is COC(=O)C1CCC(=O)N(Cc2ccc(OC)cc2)CC=CCOc2cc(Cl)ccc2C(=O)NC(Cc2ccccc2)C(=O)N1. The van der Waals surface area contributed by atoms with Gasteiger partial charge in [-0.25, -0.2) is 4.79 Å². The number of fused-ring (bicyclic) bond motifs is 1. The lowest BCUT2D eigenvalue weighted by Crippen LogP contribution is -2.53. The molecular formula is C34H36ClN3O7. The summed E-state index contributed by atoms with van der Waals surface area (Å²) >= 11 is 6.22. The molecule has 45 heavy (non-hydrogen) atoms. The highest BCUT2D eigenvalue weighted by atomic mass is 35.5. The Kier molecular flexibility index (Phi) is 12.0. The number of rotatable bonds is 6. The molecule has 3 aromatic rings. The molecule has 0 fully saturated rings. The third-order valence-electron chi connectivity index (χ3n) is 7.25. The Bertz CT molecular complexity index is 1510. The fraction of sp³-hybridized carbons (Fsp3) is 0.294. The highest BCUT2D eigenvalue weighted by molar-refractivity contribution is 6.30. The molecule has 0 radical (unpaired) electrons. The monoisotopic (exact) mass is 633 g/mol. The van der Waals surface area contributed by atoms with Crippen molar-refractivity contribution >= 4 is 35.3 Å². The first-order chi connectivity index (χ1) is 21.8. The summed E-state index contributed by atoms with van der Waals surface area (Å²) in [5, 5.41) is 5.86. The highest BCUT2D eigenvalue weighted by Crippen LogP contribution is 2.24. The molecule has 1 aliphatic heterocycles. The number of carbonyl (C=O) groups is 4. The molecule has 10 nitrogen and oxygen atoms in total. The number of ether oxygens (including phenoxy) is 3. The zero-order valence-electron chi connectivity index (χ0n) is 25.2. The van der Waals surface area contributed by atoms with Crippen LogP contribution in [0.1, 0.15) is 34.3 Å². The standard InChI is InChI=1S/C34H36ClN3O7/c1-43-26-13-10-24(11-14-26)22-38-18-6-7-19-45-30-21-25(35)12-15-27(30)32(40)37-29(20-23-8-4-3-5-9-23)33(41)36-28(34(42)44-2)16-17-31(38)39/h3-15,21,28-29H,16-20,22H2,1-2H3,(H,36,41)(H,37,40). The number of hydrogen-bond acceptors (Lipinski definition) is 7. The predicted molar refractivity (Wildman–Crippen MR) is 169 cm³/mol. The van der Waals surface area contributed by atoms with Gasteiger partial charge in [0.15, 0.2) is 0 Å². The van der Waals surface area contributed by atoms with Crippen molar-refractivity contribution < 1.29 is 33.4 Å². The number of benzene rings is 3. The Morgan fingerprint density at radius 3 is 2.42 bits per heavy atom. The zero-order chi connectivity index (χ0) is 32.2. The van der Waals surface area contributed by atoms with E-state index in [2.05, 4.69) is 10.6 Å². The topological polar surface area (TPSA) is 123 Å². The number of nitrogens with one attached hydrogen (secondary N) is 2. The van der Waals surface area contributed by atoms with Crippen molar-refractivity contribution in [2.45, 2.75) is 37.9 Å². The van der Waals surface area contributed by atoms with E-state index in [0.29, 0.717) is 17.3 Å². The molecule has 11 heteroatoms. The maximum Gasteiger partial charge on any atom is 0.328 e. The van der Waals surface area contributed by atoms with Crippen molar-refractivity contribution in [3.8, 4) is 11.5 Å². The number of amides is 3. The van der Waals surface area contributed by atoms with Gasteiger partial charge in [-0.05, 0) is 54.0 Å². The van der Waals surface area contributed by atoms with Gasteiger partial charge in [0.1, 0.15) is 30.2 Å². The number of hydrogen-bond donors (Lipinski definition) is 2. The van der Waals surface area contributed by atoms with Crippen molar-refractivity contribution in [1.29, 1.82) is 0 Å². The molecule has 0 spiro atoms. The minimum Gasteiger partial charge on any atom is -0.497 e. The third kappa shape index (κ3) is 9.58. The molecule has 0 saturated heterocycles. The predicted octanol–water partition coefficient (Wildman–Crippen LogP) is 4.11. The minimum absolute atomic E-state index is 0.00345. The lowest BCUT2D eigenvalue weighted by Gasteiger charge is -2.24. The first-order valence-corrected chi connectivity index (χ1v) is 14.9. The second-order valence-electron chi connectivity index (χ2n) is 10.4. The van der Waals surface area contributed by atoms with Gasteiger partial charge < -0.3 is 29.7 Å². The number of methoxy groups -OCH3 is 2. The quantitative estimate of drug-likeness (QED) is 0.309. The van der Waals surface area contributed by atoms with E-state index in [4.69, 9.17) is 25.8 Å². The van der Waals surface area contributed by atoms with E-state index in [9.17, 15) is 19.2 Å². The molecule has 2 atom stereocenters. The zero-order valence-corrected chi connectivity index (χ0v) is 25.9. The summed E-state index contributed by atoms with van der Waals surface area (Å²) in [4.78, 5) is 55.0. The third-order valence-corrected chi connectivity index (χ3v) is 7.49. The largest absolute Gasteiger partial charge is 0.497 e. The van der Waals surface area contributed by atoms with Gasteiger partial charge in [-0.3, -0.25) is 14.4 Å². The molecule has 236 valence electrons. The highest BCUT2D eigenvalue weighted by Gasteiger charge is 2.29. The van der Waals surface area contributed by atoms with Crippen LogP contribution >= 0.6 is 11.6 Å². The Labute approximate surface area is 267 Å². The van der Waals surface area contributed by atoms with Crippen LogP contribution in [0.5, 0.6) is 11.5 Å². The van der Waals surface area contributed by atoms with Gasteiger partial charge in [-0.2, -0.15) is 0 Å². The lowest BCUT2D eigenvalue weighted by atomic mass is 10.0. The molecule has 3 aromatic carbocycles. The van der Waals surface area contributed by atoms with Crippen LogP contribution in [0.3, 0.4) is 0 Å². The van der Waals surface area contributed by atoms with Crippen molar-refractivity contribution in [2.75, 3.05) is 27.4 Å². The first kappa shape index (κ1) is 33.1. The number of nitrogens with zero attached hydrogens (tertiary/aromatic N) is 1. The fourth-order valence-corrected chi connectivity index (χ4v) is 4.96. The molecule has 1 aliphatic rings. The number of esters is 1. The van der Waals surface area contributed by atoms with Gasteiger partial charge in [0.2, 0.25) is 11.8 Å². The molecule has 4 rings (SSSR count). The van der Waals surface area contributed by atoms with Crippen LogP contribution in [-0.2, 0) is 32.1 Å². The van der Waals surface area contributed by atoms with Crippen LogP contribution < -0.4 is 20.1 Å². The first-order valence-electron chi connectivity index (χ1n) is 14.5. The molecule has 1 heterocycles. The van der Waals surface area contributed by atoms with Gasteiger partial charge in [-0.1, -0.05) is 60.1 Å². The summed E-state index contributed by atoms with van der Waals surface area (Å²) in [5.74, 6) is -1.16. The lowest BCUT2D eigenvalue weighted by molar-refractivity contribution is -0.145. The Morgan fingerprint density at radius 2 is 1.71 bits per heavy atom. The summed E-state index contributed by atoms with van der Waals surface area (Å²) in [6.45, 7) is 0.661. The Hall–Kier alpha value is -4.83. The molecule has 0 saturated carbocycles. The van der Waals surface area contributed by atoms with Crippen LogP contribution in [0, 0.1) is 0 Å². The molecule has 0 aromatic heterocycles. The smallest absolute Gasteiger partial charge is 0.328 e. The van der Waals surface area contributed by atoms with Gasteiger partial charge in [-0.15, -0.1) is 0 Å². The van der Waals surface area contributed by atoms with Gasteiger partial charge in [0, 0.05) is 31.0 Å². The normalized spacial score (nSPS) is 18.1. The summed E-state index contributed by atoms with van der Waals surface area (Å²) in [6, 6.07) is 19.0. The summed E-state index contributed by atoms with van der Waals surface area (Å²) in [6.07, 6.45) is 3.64. The van der Waals surface area contributed by atoms with Crippen LogP contribution in [0.4, 0.5) is 0 Å². The van der Waals surface area contributed by atoms with Crippen molar-refractivity contribution in [3.05, 3.63) is 107 Å². The maximum absolute atomic E-state index is 13.6. The Morgan fingerprint density at radius 1 is 0.956 bits per heavy atom. The van der Waals surface area contributed by atoms with Crippen molar-refractivity contribution in [1.82, 2.24) is 15.5 Å². The van der Waals surface area contributed by atoms with E-state index in [-0.39, 0.29) is 49.6 Å². The van der Waals surface area contributed by atoms with Crippen LogP contribution in [0.15, 0.2) is 84.9 Å². The van der Waals surface area contributed by atoms with Gasteiger partial charge in [0.05, 0.1) is 19.8 Å². The Balaban J connectivity index is 1.65. The summed E-state index contributed by atoms with van der Waals surface area (Å²) in [5.41, 5.74) is 1.86.